The van der Waals surface area contributed by atoms with E-state index in [9.17, 15) is 14.7 Å². The number of allylic oxidation sites excluding steroid dienone is 2. The van der Waals surface area contributed by atoms with Crippen molar-refractivity contribution in [2.75, 3.05) is 32.8 Å². The number of amides is 2. The van der Waals surface area contributed by atoms with E-state index in [1.807, 2.05) is 32.9 Å². The van der Waals surface area contributed by atoms with Crippen molar-refractivity contribution in [1.82, 2.24) is 10.2 Å². The fourth-order valence-corrected chi connectivity index (χ4v) is 4.35. The lowest BCUT2D eigenvalue weighted by atomic mass is 9.86. The van der Waals surface area contributed by atoms with Crippen molar-refractivity contribution in [3.05, 3.63) is 35.9 Å². The van der Waals surface area contributed by atoms with Crippen LogP contribution in [0, 0.1) is 11.8 Å². The van der Waals surface area contributed by atoms with Crippen LogP contribution in [-0.2, 0) is 9.53 Å². The summed E-state index contributed by atoms with van der Waals surface area (Å²) >= 11 is 0. The highest BCUT2D eigenvalue weighted by atomic mass is 16.6. The van der Waals surface area contributed by atoms with E-state index in [0.717, 1.165) is 37.0 Å². The van der Waals surface area contributed by atoms with Crippen molar-refractivity contribution in [3.8, 4) is 5.75 Å². The zero-order chi connectivity index (χ0) is 25.4. The zero-order valence-electron chi connectivity index (χ0n) is 21.2. The number of aliphatic hydroxyl groups excluding tert-OH is 2. The summed E-state index contributed by atoms with van der Waals surface area (Å²) in [5.74, 6) is 1.07. The van der Waals surface area contributed by atoms with E-state index in [0.29, 0.717) is 32.0 Å². The van der Waals surface area contributed by atoms with Crippen LogP contribution in [-0.4, -0.2) is 71.7 Å². The summed E-state index contributed by atoms with van der Waals surface area (Å²) in [7, 11) is 0. The third-order valence-corrected chi connectivity index (χ3v) is 6.48. The normalized spacial score (nSPS) is 20.1. The summed E-state index contributed by atoms with van der Waals surface area (Å²) in [6.45, 7) is 7.37. The van der Waals surface area contributed by atoms with Crippen LogP contribution in [0.3, 0.4) is 0 Å². The van der Waals surface area contributed by atoms with Gasteiger partial charge >= 0.3 is 6.09 Å². The average molecular weight is 489 g/mol. The van der Waals surface area contributed by atoms with Gasteiger partial charge in [0, 0.05) is 25.6 Å². The van der Waals surface area contributed by atoms with E-state index in [1.54, 1.807) is 4.90 Å². The Morgan fingerprint density at radius 3 is 2.40 bits per heavy atom. The van der Waals surface area contributed by atoms with Crippen LogP contribution in [0.25, 0.3) is 5.57 Å². The van der Waals surface area contributed by atoms with Crippen molar-refractivity contribution in [3.63, 3.8) is 0 Å². The van der Waals surface area contributed by atoms with E-state index in [2.05, 4.69) is 23.5 Å². The van der Waals surface area contributed by atoms with Gasteiger partial charge in [0.25, 0.3) is 0 Å². The van der Waals surface area contributed by atoms with E-state index in [-0.39, 0.29) is 31.1 Å². The van der Waals surface area contributed by atoms with Crippen molar-refractivity contribution >= 4 is 17.6 Å². The molecular formula is C27H40N2O6. The Hall–Kier alpha value is -2.58. The van der Waals surface area contributed by atoms with Gasteiger partial charge in [-0.15, -0.1) is 0 Å². The molecule has 1 heterocycles. The molecule has 2 aliphatic rings. The molecule has 2 atom stereocenters. The molecule has 2 amide bonds. The molecule has 3 N–H and O–H groups in total. The number of piperidine rings is 1. The standard InChI is InChI=1S/C27H40N2O6/c1-27(2,3)35-26(33)29-14-12-19(13-15-29)18-34-24-10-8-21(9-11-24)20-4-6-22(7-5-20)25(32)28-16-23(31)17-30/h4,8-11,19,22-23,30-31H,5-7,12-18H2,1-3H3,(H,28,32). The van der Waals surface area contributed by atoms with Crippen molar-refractivity contribution < 1.29 is 29.3 Å². The van der Waals surface area contributed by atoms with E-state index in [4.69, 9.17) is 14.6 Å². The summed E-state index contributed by atoms with van der Waals surface area (Å²) in [5, 5.41) is 21.0. The van der Waals surface area contributed by atoms with Crippen molar-refractivity contribution in [2.45, 2.75) is 64.6 Å². The van der Waals surface area contributed by atoms with Crippen LogP contribution in [0.2, 0.25) is 0 Å². The highest BCUT2D eigenvalue weighted by Gasteiger charge is 2.27. The van der Waals surface area contributed by atoms with Crippen LogP contribution in [0.4, 0.5) is 4.79 Å². The predicted octanol–water partition coefficient (Wildman–Crippen LogP) is 3.37. The number of hydrogen-bond donors (Lipinski definition) is 3. The Morgan fingerprint density at radius 2 is 1.83 bits per heavy atom. The minimum absolute atomic E-state index is 0.0755. The Balaban J connectivity index is 1.40. The molecular weight excluding hydrogens is 448 g/mol. The summed E-state index contributed by atoms with van der Waals surface area (Å²) in [6.07, 6.45) is 5.00. The average Bonchev–Trinajstić information content (AvgIpc) is 2.85. The Kier molecular flexibility index (Phi) is 9.57. The molecule has 0 spiro atoms. The number of benzene rings is 1. The third-order valence-electron chi connectivity index (χ3n) is 6.48. The molecule has 0 saturated carbocycles. The highest BCUT2D eigenvalue weighted by molar-refractivity contribution is 5.80. The van der Waals surface area contributed by atoms with Gasteiger partial charge in [-0.2, -0.15) is 0 Å². The fraction of sp³-hybridized carbons (Fsp3) is 0.630. The highest BCUT2D eigenvalue weighted by Crippen LogP contribution is 2.31. The first-order valence-electron chi connectivity index (χ1n) is 12.6. The molecule has 3 rings (SSSR count). The van der Waals surface area contributed by atoms with Gasteiger partial charge in [0.1, 0.15) is 11.4 Å². The van der Waals surface area contributed by atoms with E-state index >= 15 is 0 Å². The van der Waals surface area contributed by atoms with Crippen LogP contribution in [0.1, 0.15) is 58.4 Å². The molecule has 1 saturated heterocycles. The molecule has 0 bridgehead atoms. The molecule has 1 fully saturated rings. The molecule has 1 aliphatic heterocycles. The molecule has 8 heteroatoms. The summed E-state index contributed by atoms with van der Waals surface area (Å²) in [5.41, 5.74) is 1.89. The van der Waals surface area contributed by atoms with Crippen molar-refractivity contribution in [2.24, 2.45) is 11.8 Å². The third kappa shape index (κ3) is 8.54. The van der Waals surface area contributed by atoms with Crippen LogP contribution in [0.5, 0.6) is 5.75 Å². The van der Waals surface area contributed by atoms with Gasteiger partial charge in [0.05, 0.1) is 19.3 Å². The second kappa shape index (κ2) is 12.4. The first-order chi connectivity index (χ1) is 16.6. The number of aliphatic hydroxyl groups is 2. The Bertz CT molecular complexity index is 869. The minimum atomic E-state index is -0.917. The smallest absolute Gasteiger partial charge is 0.410 e. The number of nitrogens with zero attached hydrogens (tertiary/aromatic N) is 1. The van der Waals surface area contributed by atoms with Gasteiger partial charge in [0.15, 0.2) is 0 Å². The molecule has 35 heavy (non-hydrogen) atoms. The first-order valence-corrected chi connectivity index (χ1v) is 12.6. The predicted molar refractivity (Wildman–Crippen MR) is 134 cm³/mol. The van der Waals surface area contributed by atoms with E-state index in [1.165, 1.54) is 5.57 Å². The molecule has 194 valence electrons. The maximum atomic E-state index is 12.2. The molecule has 0 aromatic heterocycles. The number of likely N-dealkylation sites (tertiary alicyclic amines) is 1. The summed E-state index contributed by atoms with van der Waals surface area (Å²) in [4.78, 5) is 26.2. The summed E-state index contributed by atoms with van der Waals surface area (Å²) in [6, 6.07) is 8.09. The molecule has 1 aliphatic carbocycles. The molecule has 2 unspecified atom stereocenters. The van der Waals surface area contributed by atoms with Gasteiger partial charge in [-0.25, -0.2) is 4.79 Å². The molecule has 1 aromatic carbocycles. The quantitative estimate of drug-likeness (QED) is 0.518. The Morgan fingerprint density at radius 1 is 1.14 bits per heavy atom. The number of rotatable bonds is 8. The number of ether oxygens (including phenoxy) is 2. The lowest BCUT2D eigenvalue weighted by Crippen LogP contribution is -2.42. The molecule has 8 nitrogen and oxygen atoms in total. The van der Waals surface area contributed by atoms with Gasteiger partial charge in [-0.05, 0) is 82.1 Å². The summed E-state index contributed by atoms with van der Waals surface area (Å²) < 4.78 is 11.5. The van der Waals surface area contributed by atoms with Gasteiger partial charge < -0.3 is 29.9 Å². The second-order valence-electron chi connectivity index (χ2n) is 10.5. The largest absolute Gasteiger partial charge is 0.493 e. The number of carbonyl (C=O) groups is 2. The van der Waals surface area contributed by atoms with Gasteiger partial charge in [-0.3, -0.25) is 4.79 Å². The lowest BCUT2D eigenvalue weighted by molar-refractivity contribution is -0.125. The maximum absolute atomic E-state index is 12.2. The molecule has 0 radical (unpaired) electrons. The SMILES string of the molecule is CC(C)(C)OC(=O)N1CCC(COc2ccc(C3=CCC(C(=O)NCC(O)CO)CC3)cc2)CC1. The maximum Gasteiger partial charge on any atom is 0.410 e. The monoisotopic (exact) mass is 488 g/mol. The van der Waals surface area contributed by atoms with Crippen LogP contribution >= 0.6 is 0 Å². The van der Waals surface area contributed by atoms with Crippen LogP contribution in [0.15, 0.2) is 30.3 Å². The first kappa shape index (κ1) is 27.0. The lowest BCUT2D eigenvalue weighted by Gasteiger charge is -2.33. The van der Waals surface area contributed by atoms with E-state index < -0.39 is 11.7 Å². The zero-order valence-corrected chi connectivity index (χ0v) is 21.2. The van der Waals surface area contributed by atoms with Gasteiger partial charge in [0.2, 0.25) is 5.91 Å². The number of hydrogen-bond acceptors (Lipinski definition) is 6. The molecule has 1 aromatic rings. The number of nitrogens with one attached hydrogen (secondary N) is 1. The number of carbonyl (C=O) groups excluding carboxylic acids is 2. The second-order valence-corrected chi connectivity index (χ2v) is 10.5. The van der Waals surface area contributed by atoms with Crippen molar-refractivity contribution in [1.29, 1.82) is 0 Å². The van der Waals surface area contributed by atoms with Gasteiger partial charge in [-0.1, -0.05) is 18.2 Å². The Labute approximate surface area is 208 Å². The van der Waals surface area contributed by atoms with Crippen LogP contribution < -0.4 is 10.1 Å². The minimum Gasteiger partial charge on any atom is -0.493 e. The topological polar surface area (TPSA) is 108 Å². The fourth-order valence-electron chi connectivity index (χ4n) is 4.35.